The van der Waals surface area contributed by atoms with Crippen LogP contribution in [0.3, 0.4) is 0 Å². The molecule has 0 radical (unpaired) electrons. The minimum absolute atomic E-state index is 0.385. The Morgan fingerprint density at radius 3 is 2.75 bits per heavy atom. The van der Waals surface area contributed by atoms with Crippen molar-refractivity contribution in [3.63, 3.8) is 0 Å². The molecule has 1 heterocycles. The van der Waals surface area contributed by atoms with E-state index in [2.05, 4.69) is 0 Å². The van der Waals surface area contributed by atoms with E-state index in [0.29, 0.717) is 17.1 Å². The molecule has 2 aromatic rings. The molecule has 0 aliphatic rings. The SMILES string of the molecule is COc1ccc(C(N)c2ccco2)c(F)c1. The summed E-state index contributed by atoms with van der Waals surface area (Å²) in [5.41, 5.74) is 6.26. The highest BCUT2D eigenvalue weighted by Crippen LogP contribution is 2.25. The van der Waals surface area contributed by atoms with E-state index in [0.717, 1.165) is 0 Å². The maximum atomic E-state index is 13.7. The van der Waals surface area contributed by atoms with Crippen LogP contribution < -0.4 is 10.5 Å². The van der Waals surface area contributed by atoms with Gasteiger partial charge in [-0.15, -0.1) is 0 Å². The van der Waals surface area contributed by atoms with Crippen molar-refractivity contribution in [2.24, 2.45) is 5.73 Å². The Kier molecular flexibility index (Phi) is 2.92. The van der Waals surface area contributed by atoms with Crippen LogP contribution in [0.1, 0.15) is 17.4 Å². The molecular weight excluding hydrogens is 209 g/mol. The van der Waals surface area contributed by atoms with Crippen LogP contribution in [0.25, 0.3) is 0 Å². The fraction of sp³-hybridized carbons (Fsp3) is 0.167. The number of halogens is 1. The third-order valence-corrected chi connectivity index (χ3v) is 2.39. The molecule has 1 atom stereocenters. The first kappa shape index (κ1) is 10.7. The number of benzene rings is 1. The molecule has 4 heteroatoms. The number of furan rings is 1. The molecule has 1 aromatic carbocycles. The van der Waals surface area contributed by atoms with Gasteiger partial charge in [-0.3, -0.25) is 0 Å². The lowest BCUT2D eigenvalue weighted by Gasteiger charge is -2.11. The zero-order chi connectivity index (χ0) is 11.5. The van der Waals surface area contributed by atoms with Crippen molar-refractivity contribution in [3.05, 3.63) is 53.7 Å². The Hall–Kier alpha value is -1.81. The Morgan fingerprint density at radius 1 is 1.38 bits per heavy atom. The maximum absolute atomic E-state index is 13.7. The highest BCUT2D eigenvalue weighted by molar-refractivity contribution is 5.33. The van der Waals surface area contributed by atoms with Crippen molar-refractivity contribution < 1.29 is 13.5 Å². The highest BCUT2D eigenvalue weighted by Gasteiger charge is 2.16. The zero-order valence-electron chi connectivity index (χ0n) is 8.81. The summed E-state index contributed by atoms with van der Waals surface area (Å²) >= 11 is 0. The number of nitrogens with two attached hydrogens (primary N) is 1. The van der Waals surface area contributed by atoms with Crippen LogP contribution in [-0.2, 0) is 0 Å². The summed E-state index contributed by atoms with van der Waals surface area (Å²) in [6, 6.07) is 7.41. The van der Waals surface area contributed by atoms with Gasteiger partial charge >= 0.3 is 0 Å². The number of ether oxygens (including phenoxy) is 1. The molecule has 2 rings (SSSR count). The van der Waals surface area contributed by atoms with Crippen LogP contribution in [0.2, 0.25) is 0 Å². The fourth-order valence-electron chi connectivity index (χ4n) is 1.51. The minimum atomic E-state index is -0.596. The van der Waals surface area contributed by atoms with E-state index in [4.69, 9.17) is 14.9 Å². The van der Waals surface area contributed by atoms with E-state index in [1.807, 2.05) is 0 Å². The second kappa shape index (κ2) is 4.37. The third-order valence-electron chi connectivity index (χ3n) is 2.39. The molecular formula is C12H12FNO2. The number of hydrogen-bond donors (Lipinski definition) is 1. The lowest BCUT2D eigenvalue weighted by molar-refractivity contribution is 0.409. The van der Waals surface area contributed by atoms with Crippen LogP contribution >= 0.6 is 0 Å². The zero-order valence-corrected chi connectivity index (χ0v) is 8.81. The molecule has 0 aliphatic heterocycles. The van der Waals surface area contributed by atoms with Gasteiger partial charge in [0.25, 0.3) is 0 Å². The summed E-state index contributed by atoms with van der Waals surface area (Å²) in [6.07, 6.45) is 1.51. The molecule has 16 heavy (non-hydrogen) atoms. The second-order valence-electron chi connectivity index (χ2n) is 3.38. The molecule has 0 spiro atoms. The smallest absolute Gasteiger partial charge is 0.132 e. The second-order valence-corrected chi connectivity index (χ2v) is 3.38. The van der Waals surface area contributed by atoms with Gasteiger partial charge < -0.3 is 14.9 Å². The van der Waals surface area contributed by atoms with Gasteiger partial charge in [-0.05, 0) is 18.2 Å². The fourth-order valence-corrected chi connectivity index (χ4v) is 1.51. The van der Waals surface area contributed by atoms with Crippen molar-refractivity contribution in [2.75, 3.05) is 7.11 Å². The van der Waals surface area contributed by atoms with E-state index >= 15 is 0 Å². The largest absolute Gasteiger partial charge is 0.497 e. The first-order chi connectivity index (χ1) is 7.72. The highest BCUT2D eigenvalue weighted by atomic mass is 19.1. The van der Waals surface area contributed by atoms with Crippen molar-refractivity contribution in [2.45, 2.75) is 6.04 Å². The van der Waals surface area contributed by atoms with Crippen LogP contribution in [-0.4, -0.2) is 7.11 Å². The molecule has 0 fully saturated rings. The van der Waals surface area contributed by atoms with E-state index in [1.54, 1.807) is 24.3 Å². The Labute approximate surface area is 92.6 Å². The summed E-state index contributed by atoms with van der Waals surface area (Å²) in [5, 5.41) is 0. The lowest BCUT2D eigenvalue weighted by atomic mass is 10.0. The van der Waals surface area contributed by atoms with Crippen molar-refractivity contribution in [1.82, 2.24) is 0 Å². The van der Waals surface area contributed by atoms with Crippen molar-refractivity contribution >= 4 is 0 Å². The van der Waals surface area contributed by atoms with Crippen molar-refractivity contribution in [1.29, 1.82) is 0 Å². The summed E-state index contributed by atoms with van der Waals surface area (Å²) in [7, 11) is 1.49. The van der Waals surface area contributed by atoms with Gasteiger partial charge in [0.2, 0.25) is 0 Å². The van der Waals surface area contributed by atoms with Crippen LogP contribution in [0.15, 0.2) is 41.0 Å². The monoisotopic (exact) mass is 221 g/mol. The van der Waals surface area contributed by atoms with Gasteiger partial charge in [0.05, 0.1) is 19.4 Å². The summed E-state index contributed by atoms with van der Waals surface area (Å²) < 4.78 is 23.7. The first-order valence-corrected chi connectivity index (χ1v) is 4.85. The van der Waals surface area contributed by atoms with E-state index in [-0.39, 0.29) is 0 Å². The van der Waals surface area contributed by atoms with Crippen LogP contribution in [0.5, 0.6) is 5.75 Å². The predicted molar refractivity (Wildman–Crippen MR) is 57.7 cm³/mol. The average molecular weight is 221 g/mol. The average Bonchev–Trinajstić information content (AvgIpc) is 2.81. The van der Waals surface area contributed by atoms with Crippen LogP contribution in [0.4, 0.5) is 4.39 Å². The molecule has 0 saturated carbocycles. The molecule has 1 unspecified atom stereocenters. The Morgan fingerprint density at radius 2 is 2.19 bits per heavy atom. The van der Waals surface area contributed by atoms with E-state index < -0.39 is 11.9 Å². The minimum Gasteiger partial charge on any atom is -0.497 e. The topological polar surface area (TPSA) is 48.4 Å². The Balaban J connectivity index is 2.34. The molecule has 3 nitrogen and oxygen atoms in total. The van der Waals surface area contributed by atoms with Gasteiger partial charge in [0.1, 0.15) is 17.3 Å². The molecule has 2 N–H and O–H groups in total. The van der Waals surface area contributed by atoms with E-state index in [1.165, 1.54) is 19.4 Å². The summed E-state index contributed by atoms with van der Waals surface area (Å²) in [5.74, 6) is 0.597. The van der Waals surface area contributed by atoms with Gasteiger partial charge in [-0.25, -0.2) is 4.39 Å². The standard InChI is InChI=1S/C12H12FNO2/c1-15-8-4-5-9(10(13)7-8)12(14)11-3-2-6-16-11/h2-7,12H,14H2,1H3. The van der Waals surface area contributed by atoms with E-state index in [9.17, 15) is 4.39 Å². The summed E-state index contributed by atoms with van der Waals surface area (Å²) in [4.78, 5) is 0. The Bertz CT molecular complexity index is 468. The molecule has 0 bridgehead atoms. The summed E-state index contributed by atoms with van der Waals surface area (Å²) in [6.45, 7) is 0. The van der Waals surface area contributed by atoms with Gasteiger partial charge in [-0.1, -0.05) is 6.07 Å². The number of methoxy groups -OCH3 is 1. The first-order valence-electron chi connectivity index (χ1n) is 4.85. The predicted octanol–water partition coefficient (Wildman–Crippen LogP) is 2.48. The molecule has 1 aromatic heterocycles. The molecule has 0 aliphatic carbocycles. The van der Waals surface area contributed by atoms with Gasteiger partial charge in [0.15, 0.2) is 0 Å². The molecule has 0 saturated heterocycles. The molecule has 84 valence electrons. The quantitative estimate of drug-likeness (QED) is 0.866. The molecule has 0 amide bonds. The van der Waals surface area contributed by atoms with Crippen LogP contribution in [0, 0.1) is 5.82 Å². The third kappa shape index (κ3) is 1.92. The number of hydrogen-bond acceptors (Lipinski definition) is 3. The maximum Gasteiger partial charge on any atom is 0.132 e. The normalized spacial score (nSPS) is 12.4. The van der Waals surface area contributed by atoms with Gasteiger partial charge in [0, 0.05) is 11.6 Å². The lowest BCUT2D eigenvalue weighted by Crippen LogP contribution is -2.12. The van der Waals surface area contributed by atoms with Gasteiger partial charge in [-0.2, -0.15) is 0 Å². The van der Waals surface area contributed by atoms with Crippen molar-refractivity contribution in [3.8, 4) is 5.75 Å². The number of rotatable bonds is 3.